The number of nitro benzene ring substituents is 1. The number of benzene rings is 2. The van der Waals surface area contributed by atoms with Crippen LogP contribution in [0.1, 0.15) is 27.3 Å². The van der Waals surface area contributed by atoms with E-state index in [4.69, 9.17) is 0 Å². The molecule has 0 atom stereocenters. The van der Waals surface area contributed by atoms with Gasteiger partial charge < -0.3 is 15.2 Å². The zero-order valence-electron chi connectivity index (χ0n) is 17.8. The summed E-state index contributed by atoms with van der Waals surface area (Å²) in [5.41, 5.74) is 2.37. The molecule has 0 fully saturated rings. The van der Waals surface area contributed by atoms with Gasteiger partial charge >= 0.3 is 0 Å². The number of rotatable bonds is 8. The minimum Gasteiger partial charge on any atom is -0.345 e. The topological polar surface area (TPSA) is 132 Å². The number of hydrogen-bond donors (Lipinski definition) is 2. The fourth-order valence-electron chi connectivity index (χ4n) is 2.88. The molecule has 32 heavy (non-hydrogen) atoms. The highest BCUT2D eigenvalue weighted by Gasteiger charge is 2.15. The first-order valence-corrected chi connectivity index (χ1v) is 10.6. The Morgan fingerprint density at radius 2 is 1.94 bits per heavy atom. The van der Waals surface area contributed by atoms with Crippen molar-refractivity contribution in [2.75, 3.05) is 11.1 Å². The molecule has 0 radical (unpaired) electrons. The molecular formula is C21H22N6O4S. The number of nitrogens with zero attached hydrogens (tertiary/aromatic N) is 4. The van der Waals surface area contributed by atoms with Crippen molar-refractivity contribution in [3.05, 3.63) is 75.1 Å². The number of nitro groups is 1. The van der Waals surface area contributed by atoms with Crippen molar-refractivity contribution >= 4 is 35.0 Å². The highest BCUT2D eigenvalue weighted by Crippen LogP contribution is 2.23. The van der Waals surface area contributed by atoms with E-state index in [1.54, 1.807) is 42.8 Å². The van der Waals surface area contributed by atoms with E-state index in [0.717, 1.165) is 5.56 Å². The summed E-state index contributed by atoms with van der Waals surface area (Å²) >= 11 is 1.17. The van der Waals surface area contributed by atoms with Gasteiger partial charge in [-0.1, -0.05) is 35.5 Å². The SMILES string of the molecule is Cc1cccc(C(=O)NCc2nnc(SCC(=O)Nc3ccc(C)c([N+](=O)[O-])c3)n2C)c1. The van der Waals surface area contributed by atoms with E-state index in [9.17, 15) is 19.7 Å². The molecule has 0 aliphatic rings. The molecule has 0 unspecified atom stereocenters. The van der Waals surface area contributed by atoms with E-state index < -0.39 is 4.92 Å². The van der Waals surface area contributed by atoms with Crippen molar-refractivity contribution in [2.45, 2.75) is 25.5 Å². The van der Waals surface area contributed by atoms with Crippen LogP contribution in [0.5, 0.6) is 0 Å². The third-order valence-electron chi connectivity index (χ3n) is 4.63. The number of carbonyl (C=O) groups excluding carboxylic acids is 2. The molecular weight excluding hydrogens is 432 g/mol. The predicted molar refractivity (Wildman–Crippen MR) is 121 cm³/mol. The molecule has 3 rings (SSSR count). The fourth-order valence-corrected chi connectivity index (χ4v) is 3.61. The second kappa shape index (κ2) is 10.1. The number of carbonyl (C=O) groups is 2. The van der Waals surface area contributed by atoms with Gasteiger partial charge in [0, 0.05) is 29.9 Å². The summed E-state index contributed by atoms with van der Waals surface area (Å²) in [7, 11) is 1.75. The molecule has 0 aliphatic heterocycles. The highest BCUT2D eigenvalue weighted by molar-refractivity contribution is 7.99. The highest BCUT2D eigenvalue weighted by atomic mass is 32.2. The normalized spacial score (nSPS) is 10.6. The lowest BCUT2D eigenvalue weighted by atomic mass is 10.1. The Morgan fingerprint density at radius 1 is 1.16 bits per heavy atom. The molecule has 2 amide bonds. The van der Waals surface area contributed by atoms with Gasteiger partial charge in [-0.05, 0) is 32.0 Å². The number of nitrogens with one attached hydrogen (secondary N) is 2. The molecule has 0 spiro atoms. The van der Waals surface area contributed by atoms with Crippen LogP contribution in [0.2, 0.25) is 0 Å². The Hall–Kier alpha value is -3.73. The number of aryl methyl sites for hydroxylation is 2. The van der Waals surface area contributed by atoms with Crippen LogP contribution < -0.4 is 10.6 Å². The molecule has 2 aromatic carbocycles. The maximum Gasteiger partial charge on any atom is 0.274 e. The van der Waals surface area contributed by atoms with Crippen LogP contribution in [0.15, 0.2) is 47.6 Å². The molecule has 0 saturated heterocycles. The van der Waals surface area contributed by atoms with Gasteiger partial charge in [-0.15, -0.1) is 10.2 Å². The Kier molecular flexibility index (Phi) is 7.21. The summed E-state index contributed by atoms with van der Waals surface area (Å²) in [6, 6.07) is 11.8. The van der Waals surface area contributed by atoms with E-state index in [1.807, 2.05) is 19.1 Å². The summed E-state index contributed by atoms with van der Waals surface area (Å²) in [6.07, 6.45) is 0. The first-order valence-electron chi connectivity index (χ1n) is 9.65. The molecule has 11 heteroatoms. The molecule has 0 bridgehead atoms. The average Bonchev–Trinajstić information content (AvgIpc) is 3.11. The first kappa shape index (κ1) is 22.9. The van der Waals surface area contributed by atoms with Crippen molar-refractivity contribution in [3.8, 4) is 0 Å². The van der Waals surface area contributed by atoms with Gasteiger partial charge in [-0.25, -0.2) is 0 Å². The summed E-state index contributed by atoms with van der Waals surface area (Å²) < 4.78 is 1.70. The third kappa shape index (κ3) is 5.70. The molecule has 0 aliphatic carbocycles. The van der Waals surface area contributed by atoms with E-state index in [1.165, 1.54) is 17.8 Å². The van der Waals surface area contributed by atoms with Crippen LogP contribution in [0.3, 0.4) is 0 Å². The monoisotopic (exact) mass is 454 g/mol. The van der Waals surface area contributed by atoms with Gasteiger partial charge in [0.2, 0.25) is 5.91 Å². The maximum atomic E-state index is 12.3. The van der Waals surface area contributed by atoms with E-state index in [2.05, 4.69) is 20.8 Å². The molecule has 0 saturated carbocycles. The van der Waals surface area contributed by atoms with Crippen LogP contribution >= 0.6 is 11.8 Å². The Bertz CT molecular complexity index is 1180. The molecule has 1 aromatic heterocycles. The van der Waals surface area contributed by atoms with E-state index in [-0.39, 0.29) is 29.8 Å². The number of hydrogen-bond acceptors (Lipinski definition) is 7. The molecule has 166 valence electrons. The summed E-state index contributed by atoms with van der Waals surface area (Å²) in [6.45, 7) is 3.74. The van der Waals surface area contributed by atoms with Crippen LogP contribution in [-0.4, -0.2) is 37.3 Å². The number of thioether (sulfide) groups is 1. The second-order valence-electron chi connectivity index (χ2n) is 7.11. The second-order valence-corrected chi connectivity index (χ2v) is 8.05. The van der Waals surface area contributed by atoms with Crippen molar-refractivity contribution in [1.29, 1.82) is 0 Å². The lowest BCUT2D eigenvalue weighted by molar-refractivity contribution is -0.385. The average molecular weight is 455 g/mol. The minimum atomic E-state index is -0.488. The predicted octanol–water partition coefficient (Wildman–Crippen LogP) is 3.00. The standard InChI is InChI=1S/C21H22N6O4S/c1-13-5-4-6-15(9-13)20(29)22-11-18-24-25-21(26(18)3)32-12-19(28)23-16-8-7-14(2)17(10-16)27(30)31/h4-10H,11-12H2,1-3H3,(H,22,29)(H,23,28). The van der Waals surface area contributed by atoms with Gasteiger partial charge in [-0.3, -0.25) is 19.7 Å². The number of anilines is 1. The zero-order chi connectivity index (χ0) is 23.3. The van der Waals surface area contributed by atoms with Gasteiger partial charge in [0.1, 0.15) is 0 Å². The van der Waals surface area contributed by atoms with E-state index in [0.29, 0.717) is 27.8 Å². The summed E-state index contributed by atoms with van der Waals surface area (Å²) in [5, 5.41) is 25.1. The first-order chi connectivity index (χ1) is 15.2. The molecule has 10 nitrogen and oxygen atoms in total. The van der Waals surface area contributed by atoms with Gasteiger partial charge in [0.15, 0.2) is 11.0 Å². The Morgan fingerprint density at radius 3 is 2.66 bits per heavy atom. The minimum absolute atomic E-state index is 0.0449. The van der Waals surface area contributed by atoms with Crippen LogP contribution in [0, 0.1) is 24.0 Å². The number of amides is 2. The van der Waals surface area contributed by atoms with E-state index >= 15 is 0 Å². The van der Waals surface area contributed by atoms with Crippen LogP contribution in [0.25, 0.3) is 0 Å². The van der Waals surface area contributed by atoms with Crippen LogP contribution in [-0.2, 0) is 18.4 Å². The zero-order valence-corrected chi connectivity index (χ0v) is 18.6. The number of aromatic nitrogens is 3. The summed E-state index contributed by atoms with van der Waals surface area (Å²) in [5.74, 6) is 0.0505. The van der Waals surface area contributed by atoms with Crippen molar-refractivity contribution < 1.29 is 14.5 Å². The van der Waals surface area contributed by atoms with Gasteiger partial charge in [-0.2, -0.15) is 0 Å². The maximum absolute atomic E-state index is 12.3. The fraction of sp³-hybridized carbons (Fsp3) is 0.238. The van der Waals surface area contributed by atoms with Gasteiger partial charge in [0.05, 0.1) is 17.2 Å². The smallest absolute Gasteiger partial charge is 0.274 e. The van der Waals surface area contributed by atoms with Crippen molar-refractivity contribution in [3.63, 3.8) is 0 Å². The molecule has 2 N–H and O–H groups in total. The third-order valence-corrected chi connectivity index (χ3v) is 5.65. The lowest BCUT2D eigenvalue weighted by Gasteiger charge is -2.07. The summed E-state index contributed by atoms with van der Waals surface area (Å²) in [4.78, 5) is 35.1. The Labute approximate surface area is 188 Å². The van der Waals surface area contributed by atoms with Gasteiger partial charge in [0.25, 0.3) is 11.6 Å². The molecule has 1 heterocycles. The van der Waals surface area contributed by atoms with Crippen LogP contribution in [0.4, 0.5) is 11.4 Å². The largest absolute Gasteiger partial charge is 0.345 e. The Balaban J connectivity index is 1.54. The lowest BCUT2D eigenvalue weighted by Crippen LogP contribution is -2.24. The van der Waals surface area contributed by atoms with Crippen molar-refractivity contribution in [2.24, 2.45) is 7.05 Å². The molecule has 3 aromatic rings. The quantitative estimate of drug-likeness (QED) is 0.304. The van der Waals surface area contributed by atoms with Crippen molar-refractivity contribution in [1.82, 2.24) is 20.1 Å².